The summed E-state index contributed by atoms with van der Waals surface area (Å²) in [5.41, 5.74) is 1.25. The second-order valence-electron chi connectivity index (χ2n) is 7.12. The van der Waals surface area contributed by atoms with Crippen LogP contribution in [-0.4, -0.2) is 41.0 Å². The average molecular weight is 386 g/mol. The van der Waals surface area contributed by atoms with Crippen LogP contribution in [0.2, 0.25) is 5.02 Å². The molecule has 3 atom stereocenters. The summed E-state index contributed by atoms with van der Waals surface area (Å²) in [4.78, 5) is 27.6. The van der Waals surface area contributed by atoms with Crippen LogP contribution in [0.15, 0.2) is 48.5 Å². The van der Waals surface area contributed by atoms with Crippen LogP contribution in [0, 0.1) is 11.7 Å². The first-order valence-electron chi connectivity index (χ1n) is 8.99. The lowest BCUT2D eigenvalue weighted by atomic mass is 9.90. The van der Waals surface area contributed by atoms with Crippen molar-refractivity contribution < 1.29 is 14.0 Å². The van der Waals surface area contributed by atoms with Crippen LogP contribution in [0.1, 0.15) is 18.0 Å². The van der Waals surface area contributed by atoms with Gasteiger partial charge in [-0.3, -0.25) is 9.59 Å². The number of amides is 2. The predicted molar refractivity (Wildman–Crippen MR) is 98.4 cm³/mol. The Morgan fingerprint density at radius 3 is 2.33 bits per heavy atom. The van der Waals surface area contributed by atoms with Gasteiger partial charge in [-0.2, -0.15) is 0 Å². The molecule has 7 heteroatoms. The summed E-state index contributed by atoms with van der Waals surface area (Å²) in [6, 6.07) is 13.1. The molecule has 3 fully saturated rings. The highest BCUT2D eigenvalue weighted by molar-refractivity contribution is 6.31. The number of imide groups is 1. The molecule has 27 heavy (non-hydrogen) atoms. The first kappa shape index (κ1) is 16.9. The summed E-state index contributed by atoms with van der Waals surface area (Å²) in [6.07, 6.45) is 0.948. The molecular formula is C20H17ClFN3O2. The molecule has 0 unspecified atom stereocenters. The smallest absolute Gasteiger partial charge is 0.253 e. The van der Waals surface area contributed by atoms with E-state index < -0.39 is 17.8 Å². The fourth-order valence-corrected chi connectivity index (χ4v) is 4.76. The van der Waals surface area contributed by atoms with Gasteiger partial charge < -0.3 is 0 Å². The van der Waals surface area contributed by atoms with Crippen LogP contribution in [-0.2, 0) is 9.59 Å². The van der Waals surface area contributed by atoms with Crippen LogP contribution in [0.3, 0.4) is 0 Å². The van der Waals surface area contributed by atoms with E-state index in [4.69, 9.17) is 11.6 Å². The zero-order valence-electron chi connectivity index (χ0n) is 14.4. The Morgan fingerprint density at radius 2 is 1.63 bits per heavy atom. The zero-order chi connectivity index (χ0) is 18.7. The Balaban J connectivity index is 1.59. The van der Waals surface area contributed by atoms with Crippen molar-refractivity contribution in [1.29, 1.82) is 0 Å². The predicted octanol–water partition coefficient (Wildman–Crippen LogP) is 3.01. The third kappa shape index (κ3) is 2.37. The number of carbonyl (C=O) groups excluding carboxylic acids is 2. The normalized spacial score (nSPS) is 28.1. The molecule has 2 aromatic rings. The molecule has 0 bridgehead atoms. The fraction of sp³-hybridized carbons (Fsp3) is 0.300. The molecule has 3 saturated heterocycles. The second kappa shape index (κ2) is 6.12. The van der Waals surface area contributed by atoms with Gasteiger partial charge in [0.15, 0.2) is 0 Å². The maximum atomic E-state index is 13.9. The van der Waals surface area contributed by atoms with E-state index in [1.54, 1.807) is 0 Å². The van der Waals surface area contributed by atoms with Gasteiger partial charge in [0, 0.05) is 13.1 Å². The van der Waals surface area contributed by atoms with Gasteiger partial charge in [-0.1, -0.05) is 41.9 Å². The molecule has 0 aromatic heterocycles. The molecule has 0 spiro atoms. The molecule has 3 aliphatic heterocycles. The van der Waals surface area contributed by atoms with E-state index in [9.17, 15) is 14.0 Å². The van der Waals surface area contributed by atoms with E-state index in [1.807, 2.05) is 35.3 Å². The highest BCUT2D eigenvalue weighted by Gasteiger charge is 2.62. The molecule has 3 heterocycles. The minimum absolute atomic E-state index is 0.0362. The third-order valence-electron chi connectivity index (χ3n) is 5.71. The number of nitrogens with zero attached hydrogens (tertiary/aromatic N) is 3. The Bertz CT molecular complexity index is 938. The molecule has 2 amide bonds. The van der Waals surface area contributed by atoms with Crippen molar-refractivity contribution in [2.75, 3.05) is 18.0 Å². The first-order valence-corrected chi connectivity index (χ1v) is 9.37. The van der Waals surface area contributed by atoms with Crippen molar-refractivity contribution in [2.24, 2.45) is 5.92 Å². The van der Waals surface area contributed by atoms with Crippen molar-refractivity contribution in [1.82, 2.24) is 10.0 Å². The van der Waals surface area contributed by atoms with Crippen LogP contribution in [0.4, 0.5) is 10.1 Å². The lowest BCUT2D eigenvalue weighted by Crippen LogP contribution is -2.44. The Morgan fingerprint density at radius 1 is 0.926 bits per heavy atom. The van der Waals surface area contributed by atoms with Gasteiger partial charge in [-0.15, -0.1) is 0 Å². The molecular weight excluding hydrogens is 369 g/mol. The van der Waals surface area contributed by atoms with Gasteiger partial charge in [0.05, 0.1) is 22.7 Å². The SMILES string of the molecule is O=C1[C@@H]2[C@@H](c3ccccc3)N3CCCN3[C@H]2C(=O)N1c1ccc(Cl)c(F)c1. The molecule has 5 nitrogen and oxygen atoms in total. The van der Waals surface area contributed by atoms with Crippen LogP contribution < -0.4 is 4.90 Å². The molecule has 138 valence electrons. The maximum absolute atomic E-state index is 13.9. The van der Waals surface area contributed by atoms with Crippen LogP contribution in [0.25, 0.3) is 0 Å². The summed E-state index contributed by atoms with van der Waals surface area (Å²) >= 11 is 5.75. The van der Waals surface area contributed by atoms with Crippen LogP contribution >= 0.6 is 11.6 Å². The highest BCUT2D eigenvalue weighted by Crippen LogP contribution is 2.48. The largest absolute Gasteiger partial charge is 0.274 e. The lowest BCUT2D eigenvalue weighted by Gasteiger charge is -2.29. The van der Waals surface area contributed by atoms with Crippen molar-refractivity contribution in [3.63, 3.8) is 0 Å². The molecule has 2 aromatic carbocycles. The summed E-state index contributed by atoms with van der Waals surface area (Å²) in [5.74, 6) is -1.72. The molecule has 0 aliphatic carbocycles. The van der Waals surface area contributed by atoms with Crippen molar-refractivity contribution in [2.45, 2.75) is 18.5 Å². The number of halogens is 2. The number of fused-ring (bicyclic) bond motifs is 3. The van der Waals surface area contributed by atoms with E-state index in [1.165, 1.54) is 12.1 Å². The van der Waals surface area contributed by atoms with Gasteiger partial charge in [-0.25, -0.2) is 19.3 Å². The monoisotopic (exact) mass is 385 g/mol. The van der Waals surface area contributed by atoms with E-state index >= 15 is 0 Å². The van der Waals surface area contributed by atoms with Gasteiger partial charge >= 0.3 is 0 Å². The molecule has 3 aliphatic rings. The Labute approximate surface area is 160 Å². The minimum Gasteiger partial charge on any atom is -0.274 e. The fourth-order valence-electron chi connectivity index (χ4n) is 4.64. The Hall–Kier alpha value is -2.28. The van der Waals surface area contributed by atoms with Crippen molar-refractivity contribution in [3.8, 4) is 0 Å². The molecule has 5 rings (SSSR count). The summed E-state index contributed by atoms with van der Waals surface area (Å²) in [5, 5.41) is 4.14. The number of benzene rings is 2. The second-order valence-corrected chi connectivity index (χ2v) is 7.52. The van der Waals surface area contributed by atoms with E-state index in [2.05, 4.69) is 5.01 Å². The lowest BCUT2D eigenvalue weighted by molar-refractivity contribution is -0.126. The quantitative estimate of drug-likeness (QED) is 0.745. The number of hydrazine groups is 1. The molecule has 0 radical (unpaired) electrons. The van der Waals surface area contributed by atoms with E-state index in [-0.39, 0.29) is 28.6 Å². The number of rotatable bonds is 2. The number of carbonyl (C=O) groups is 2. The first-order chi connectivity index (χ1) is 13.1. The summed E-state index contributed by atoms with van der Waals surface area (Å²) < 4.78 is 13.9. The third-order valence-corrected chi connectivity index (χ3v) is 6.01. The molecule has 0 saturated carbocycles. The standard InChI is InChI=1S/C20H17ClFN3O2/c21-14-8-7-13(11-15(14)22)25-19(26)16-17(12-5-2-1-3-6-12)23-9-4-10-24(23)18(16)20(25)27/h1-3,5-8,11,16-18H,4,9-10H2/t16-,17-,18-/m1/s1. The number of hydrogen-bond donors (Lipinski definition) is 0. The topological polar surface area (TPSA) is 43.9 Å². The van der Waals surface area contributed by atoms with Crippen molar-refractivity contribution in [3.05, 3.63) is 64.9 Å². The minimum atomic E-state index is -0.644. The highest BCUT2D eigenvalue weighted by atomic mass is 35.5. The van der Waals surface area contributed by atoms with Gasteiger partial charge in [0.1, 0.15) is 11.9 Å². The Kier molecular flexibility index (Phi) is 3.82. The van der Waals surface area contributed by atoms with E-state index in [0.29, 0.717) is 0 Å². The van der Waals surface area contributed by atoms with Crippen molar-refractivity contribution >= 4 is 29.1 Å². The van der Waals surface area contributed by atoms with E-state index in [0.717, 1.165) is 36.0 Å². The average Bonchev–Trinajstić information content (AvgIpc) is 3.31. The summed E-state index contributed by atoms with van der Waals surface area (Å²) in [6.45, 7) is 1.56. The summed E-state index contributed by atoms with van der Waals surface area (Å²) in [7, 11) is 0. The molecule has 0 N–H and O–H groups in total. The van der Waals surface area contributed by atoms with Gasteiger partial charge in [-0.05, 0) is 30.2 Å². The van der Waals surface area contributed by atoms with Gasteiger partial charge in [0.25, 0.3) is 5.91 Å². The van der Waals surface area contributed by atoms with Crippen LogP contribution in [0.5, 0.6) is 0 Å². The maximum Gasteiger partial charge on any atom is 0.253 e. The van der Waals surface area contributed by atoms with Gasteiger partial charge in [0.2, 0.25) is 5.91 Å². The number of anilines is 1. The number of hydrogen-bond acceptors (Lipinski definition) is 4. The zero-order valence-corrected chi connectivity index (χ0v) is 15.1.